The fraction of sp³-hybridized carbons (Fsp3) is 0.276. The molecule has 1 aliphatic rings. The van der Waals surface area contributed by atoms with Crippen molar-refractivity contribution in [3.63, 3.8) is 0 Å². The van der Waals surface area contributed by atoms with Crippen LogP contribution in [0.3, 0.4) is 0 Å². The SMILES string of the molecule is COc1cc(CC(=O)N2C[C@@H](OC)C[C@H]2COc2ccc(C(=O)O)cc2)ccc1NC(=O)Nc1ccccc1F. The third-order valence-corrected chi connectivity index (χ3v) is 6.56. The maximum absolute atomic E-state index is 13.8. The van der Waals surface area contributed by atoms with Gasteiger partial charge in [-0.15, -0.1) is 0 Å². The Hall–Kier alpha value is -4.64. The number of urea groups is 1. The molecule has 0 aromatic heterocycles. The molecule has 10 nitrogen and oxygen atoms in total. The van der Waals surface area contributed by atoms with Crippen LogP contribution in [0.4, 0.5) is 20.6 Å². The lowest BCUT2D eigenvalue weighted by molar-refractivity contribution is -0.132. The van der Waals surface area contributed by atoms with Gasteiger partial charge in [0.05, 0.1) is 42.6 Å². The van der Waals surface area contributed by atoms with Crippen LogP contribution >= 0.6 is 0 Å². The number of hydrogen-bond donors (Lipinski definition) is 3. The van der Waals surface area contributed by atoms with Crippen LogP contribution in [0.1, 0.15) is 22.3 Å². The number of anilines is 2. The third-order valence-electron chi connectivity index (χ3n) is 6.56. The van der Waals surface area contributed by atoms with E-state index in [-0.39, 0.29) is 42.3 Å². The fourth-order valence-electron chi connectivity index (χ4n) is 4.46. The molecule has 0 bridgehead atoms. The molecule has 11 heteroatoms. The highest BCUT2D eigenvalue weighted by atomic mass is 19.1. The van der Waals surface area contributed by atoms with Crippen LogP contribution in [0.25, 0.3) is 0 Å². The van der Waals surface area contributed by atoms with Gasteiger partial charge in [-0.1, -0.05) is 18.2 Å². The van der Waals surface area contributed by atoms with Gasteiger partial charge in [0.15, 0.2) is 0 Å². The summed E-state index contributed by atoms with van der Waals surface area (Å²) in [6.07, 6.45) is 0.540. The number of benzene rings is 3. The number of nitrogens with one attached hydrogen (secondary N) is 2. The number of hydrogen-bond acceptors (Lipinski definition) is 6. The predicted molar refractivity (Wildman–Crippen MR) is 146 cm³/mol. The minimum absolute atomic E-state index is 0.0389. The predicted octanol–water partition coefficient (Wildman–Crippen LogP) is 4.41. The van der Waals surface area contributed by atoms with Gasteiger partial charge in [0.25, 0.3) is 0 Å². The minimum atomic E-state index is -1.02. The lowest BCUT2D eigenvalue weighted by atomic mass is 10.1. The molecule has 0 spiro atoms. The standard InChI is InChI=1S/C29H30FN3O7/c1-38-22-15-20(17-40-21-10-8-19(9-11-21)28(35)36)33(16-22)27(34)14-18-7-12-25(26(13-18)39-2)32-29(37)31-24-6-4-3-5-23(24)30/h3-13,20,22H,14-17H2,1-2H3,(H,35,36)(H2,31,32,37)/t20-,22-/m0/s1. The lowest BCUT2D eigenvalue weighted by Crippen LogP contribution is -2.40. The van der Waals surface area contributed by atoms with Crippen LogP contribution in [0.15, 0.2) is 66.7 Å². The first kappa shape index (κ1) is 28.4. The number of carboxylic acid groups (broad SMARTS) is 1. The van der Waals surface area contributed by atoms with Gasteiger partial charge < -0.3 is 34.9 Å². The third kappa shape index (κ3) is 7.06. The molecule has 40 heavy (non-hydrogen) atoms. The molecule has 3 amide bonds. The maximum atomic E-state index is 13.8. The number of para-hydroxylation sites is 1. The molecule has 4 rings (SSSR count). The molecule has 3 aromatic rings. The van der Waals surface area contributed by atoms with E-state index in [2.05, 4.69) is 10.6 Å². The van der Waals surface area contributed by atoms with Crippen LogP contribution in [0.2, 0.25) is 0 Å². The zero-order valence-electron chi connectivity index (χ0n) is 22.1. The Morgan fingerprint density at radius 1 is 1.00 bits per heavy atom. The highest BCUT2D eigenvalue weighted by Gasteiger charge is 2.35. The van der Waals surface area contributed by atoms with Gasteiger partial charge in [0.2, 0.25) is 5.91 Å². The number of nitrogens with zero attached hydrogens (tertiary/aromatic N) is 1. The first-order valence-electron chi connectivity index (χ1n) is 12.5. The van der Waals surface area contributed by atoms with Crippen LogP contribution in [0, 0.1) is 5.82 Å². The van der Waals surface area contributed by atoms with E-state index in [1.807, 2.05) is 0 Å². The van der Waals surface area contributed by atoms with Crippen LogP contribution in [-0.4, -0.2) is 67.4 Å². The largest absolute Gasteiger partial charge is 0.495 e. The molecule has 3 aromatic carbocycles. The molecule has 0 saturated carbocycles. The number of carboxylic acids is 1. The number of likely N-dealkylation sites (tertiary alicyclic amines) is 1. The summed E-state index contributed by atoms with van der Waals surface area (Å²) in [4.78, 5) is 38.5. The summed E-state index contributed by atoms with van der Waals surface area (Å²) < 4.78 is 30.6. The van der Waals surface area contributed by atoms with Crippen molar-refractivity contribution in [3.05, 3.63) is 83.7 Å². The average Bonchev–Trinajstić information content (AvgIpc) is 3.38. The normalized spacial score (nSPS) is 16.3. The van der Waals surface area contributed by atoms with Crippen LogP contribution < -0.4 is 20.1 Å². The Balaban J connectivity index is 1.39. The maximum Gasteiger partial charge on any atom is 0.335 e. The second-order valence-electron chi connectivity index (χ2n) is 9.20. The zero-order valence-corrected chi connectivity index (χ0v) is 22.1. The minimum Gasteiger partial charge on any atom is -0.495 e. The van der Waals surface area contributed by atoms with E-state index in [1.54, 1.807) is 48.4 Å². The summed E-state index contributed by atoms with van der Waals surface area (Å²) in [5.74, 6) is -0.862. The summed E-state index contributed by atoms with van der Waals surface area (Å²) in [7, 11) is 3.04. The Bertz CT molecular complexity index is 1370. The van der Waals surface area contributed by atoms with Crippen molar-refractivity contribution in [1.29, 1.82) is 0 Å². The van der Waals surface area contributed by atoms with Gasteiger partial charge in [-0.05, 0) is 60.5 Å². The number of halogens is 1. The van der Waals surface area contributed by atoms with E-state index >= 15 is 0 Å². The number of aromatic carboxylic acids is 1. The van der Waals surface area contributed by atoms with Crippen molar-refractivity contribution in [3.8, 4) is 11.5 Å². The van der Waals surface area contributed by atoms with E-state index in [1.165, 1.54) is 37.4 Å². The van der Waals surface area contributed by atoms with Crippen LogP contribution in [-0.2, 0) is 16.0 Å². The van der Waals surface area contributed by atoms with E-state index in [0.29, 0.717) is 35.7 Å². The second-order valence-corrected chi connectivity index (χ2v) is 9.20. The first-order valence-corrected chi connectivity index (χ1v) is 12.5. The molecule has 1 aliphatic heterocycles. The van der Waals surface area contributed by atoms with Gasteiger partial charge in [0, 0.05) is 13.7 Å². The molecule has 210 valence electrons. The summed E-state index contributed by atoms with van der Waals surface area (Å²) in [6.45, 7) is 0.635. The molecule has 1 saturated heterocycles. The Labute approximate surface area is 230 Å². The molecular weight excluding hydrogens is 521 g/mol. The van der Waals surface area contributed by atoms with Gasteiger partial charge in [0.1, 0.15) is 23.9 Å². The van der Waals surface area contributed by atoms with Crippen molar-refractivity contribution < 1.29 is 38.1 Å². The highest BCUT2D eigenvalue weighted by molar-refractivity contribution is 6.00. The zero-order chi connectivity index (χ0) is 28.6. The summed E-state index contributed by atoms with van der Waals surface area (Å²) >= 11 is 0. The van der Waals surface area contributed by atoms with Crippen molar-refractivity contribution >= 4 is 29.3 Å². The monoisotopic (exact) mass is 551 g/mol. The summed E-state index contributed by atoms with van der Waals surface area (Å²) in [6, 6.07) is 16.0. The Kier molecular flexibility index (Phi) is 9.18. The van der Waals surface area contributed by atoms with Gasteiger partial charge >= 0.3 is 12.0 Å². The van der Waals surface area contributed by atoms with Crippen molar-refractivity contribution in [2.75, 3.05) is 38.0 Å². The smallest absolute Gasteiger partial charge is 0.335 e. The van der Waals surface area contributed by atoms with Crippen molar-refractivity contribution in [2.24, 2.45) is 0 Å². The Morgan fingerprint density at radius 2 is 1.73 bits per heavy atom. The van der Waals surface area contributed by atoms with Crippen molar-refractivity contribution in [2.45, 2.75) is 25.0 Å². The Morgan fingerprint density at radius 3 is 2.40 bits per heavy atom. The fourth-order valence-corrected chi connectivity index (χ4v) is 4.46. The number of ether oxygens (including phenoxy) is 3. The lowest BCUT2D eigenvalue weighted by Gasteiger charge is -2.25. The molecule has 2 atom stereocenters. The molecule has 0 aliphatic carbocycles. The van der Waals surface area contributed by atoms with Gasteiger partial charge in [-0.25, -0.2) is 14.0 Å². The topological polar surface area (TPSA) is 126 Å². The number of methoxy groups -OCH3 is 2. The van der Waals surface area contributed by atoms with E-state index in [4.69, 9.17) is 19.3 Å². The average molecular weight is 552 g/mol. The molecule has 0 radical (unpaired) electrons. The van der Waals surface area contributed by atoms with Crippen LogP contribution in [0.5, 0.6) is 11.5 Å². The number of amides is 3. The number of rotatable bonds is 10. The molecule has 3 N–H and O–H groups in total. The molecular formula is C29H30FN3O7. The second kappa shape index (κ2) is 12.9. The quantitative estimate of drug-likeness (QED) is 0.341. The van der Waals surface area contributed by atoms with Crippen molar-refractivity contribution in [1.82, 2.24) is 4.90 Å². The molecule has 0 unspecified atom stereocenters. The van der Waals surface area contributed by atoms with E-state index < -0.39 is 17.8 Å². The van der Waals surface area contributed by atoms with Gasteiger partial charge in [-0.2, -0.15) is 0 Å². The highest BCUT2D eigenvalue weighted by Crippen LogP contribution is 2.28. The molecule has 1 heterocycles. The summed E-state index contributed by atoms with van der Waals surface area (Å²) in [5, 5.41) is 14.1. The first-order chi connectivity index (χ1) is 19.3. The van der Waals surface area contributed by atoms with E-state index in [0.717, 1.165) is 0 Å². The number of carbonyl (C=O) groups excluding carboxylic acids is 2. The summed E-state index contributed by atoms with van der Waals surface area (Å²) in [5.41, 5.74) is 1.23. The number of carbonyl (C=O) groups is 3. The van der Waals surface area contributed by atoms with E-state index in [9.17, 15) is 18.8 Å². The molecule has 1 fully saturated rings. The van der Waals surface area contributed by atoms with Gasteiger partial charge in [-0.3, -0.25) is 4.79 Å².